The third kappa shape index (κ3) is 2.52. The summed E-state index contributed by atoms with van der Waals surface area (Å²) in [7, 11) is 2.07. The van der Waals surface area contributed by atoms with Gasteiger partial charge in [0.1, 0.15) is 6.07 Å². The molecule has 96 valence electrons. The van der Waals surface area contributed by atoms with Crippen LogP contribution in [0.15, 0.2) is 22.7 Å². The topological polar surface area (TPSA) is 53.0 Å². The van der Waals surface area contributed by atoms with Gasteiger partial charge in [-0.15, -0.1) is 0 Å². The van der Waals surface area contributed by atoms with Gasteiger partial charge in [0.05, 0.1) is 11.3 Å². The molecule has 0 amide bonds. The maximum absolute atomic E-state index is 9.21. The second-order valence-electron chi connectivity index (χ2n) is 4.88. The fourth-order valence-corrected chi connectivity index (χ4v) is 3.22. The Kier molecular flexibility index (Phi) is 4.26. The van der Waals surface area contributed by atoms with Crippen molar-refractivity contribution in [2.24, 2.45) is 11.7 Å². The molecule has 2 atom stereocenters. The number of nitrogens with zero attached hydrogens (tertiary/aromatic N) is 2. The second-order valence-corrected chi connectivity index (χ2v) is 5.79. The van der Waals surface area contributed by atoms with Crippen LogP contribution in [0, 0.1) is 17.2 Å². The van der Waals surface area contributed by atoms with Crippen molar-refractivity contribution in [3.05, 3.63) is 28.2 Å². The summed E-state index contributed by atoms with van der Waals surface area (Å²) in [5.41, 5.74) is 7.56. The average Bonchev–Trinajstić information content (AvgIpc) is 2.86. The molecule has 1 aliphatic rings. The van der Waals surface area contributed by atoms with Crippen LogP contribution in [0.2, 0.25) is 0 Å². The second kappa shape index (κ2) is 5.73. The van der Waals surface area contributed by atoms with E-state index in [0.717, 1.165) is 28.7 Å². The Hall–Kier alpha value is -1.05. The van der Waals surface area contributed by atoms with Crippen molar-refractivity contribution >= 4 is 21.6 Å². The van der Waals surface area contributed by atoms with Crippen molar-refractivity contribution < 1.29 is 0 Å². The number of benzene rings is 1. The molecule has 2 rings (SSSR count). The molecule has 3 nitrogen and oxygen atoms in total. The summed E-state index contributed by atoms with van der Waals surface area (Å²) in [4.78, 5) is 2.23. The third-order valence-electron chi connectivity index (χ3n) is 3.88. The normalized spacial score (nSPS) is 22.8. The smallest absolute Gasteiger partial charge is 0.101 e. The Morgan fingerprint density at radius 2 is 2.28 bits per heavy atom. The van der Waals surface area contributed by atoms with Gasteiger partial charge in [-0.3, -0.25) is 0 Å². The molecule has 0 heterocycles. The maximum atomic E-state index is 9.21. The number of halogens is 1. The number of nitrogens with two attached hydrogens (primary N) is 1. The molecule has 0 spiro atoms. The van der Waals surface area contributed by atoms with Crippen LogP contribution in [0.4, 0.5) is 5.69 Å². The molecule has 1 saturated carbocycles. The van der Waals surface area contributed by atoms with Gasteiger partial charge in [0.15, 0.2) is 0 Å². The van der Waals surface area contributed by atoms with Crippen molar-refractivity contribution in [1.82, 2.24) is 0 Å². The van der Waals surface area contributed by atoms with E-state index in [-0.39, 0.29) is 0 Å². The summed E-state index contributed by atoms with van der Waals surface area (Å²) in [6, 6.07) is 8.51. The van der Waals surface area contributed by atoms with Gasteiger partial charge >= 0.3 is 0 Å². The van der Waals surface area contributed by atoms with E-state index in [1.807, 2.05) is 18.2 Å². The lowest BCUT2D eigenvalue weighted by Crippen LogP contribution is -2.38. The minimum absolute atomic E-state index is 0.455. The molecule has 0 aliphatic heterocycles. The minimum atomic E-state index is 0.455. The van der Waals surface area contributed by atoms with Gasteiger partial charge in [0.25, 0.3) is 0 Å². The third-order valence-corrected chi connectivity index (χ3v) is 4.37. The molecular weight excluding hydrogens is 290 g/mol. The fraction of sp³-hybridized carbons (Fsp3) is 0.500. The molecule has 1 aliphatic carbocycles. The average molecular weight is 308 g/mol. The van der Waals surface area contributed by atoms with Crippen LogP contribution >= 0.6 is 15.9 Å². The summed E-state index contributed by atoms with van der Waals surface area (Å²) < 4.78 is 1.01. The van der Waals surface area contributed by atoms with Crippen LogP contribution in [0.25, 0.3) is 0 Å². The van der Waals surface area contributed by atoms with E-state index in [0.29, 0.717) is 12.0 Å². The van der Waals surface area contributed by atoms with E-state index in [9.17, 15) is 5.26 Å². The maximum Gasteiger partial charge on any atom is 0.101 e. The number of hydrogen-bond acceptors (Lipinski definition) is 3. The quantitative estimate of drug-likeness (QED) is 0.934. The Morgan fingerprint density at radius 1 is 1.50 bits per heavy atom. The van der Waals surface area contributed by atoms with Gasteiger partial charge < -0.3 is 10.6 Å². The molecule has 1 aromatic rings. The highest BCUT2D eigenvalue weighted by molar-refractivity contribution is 9.10. The molecule has 2 N–H and O–H groups in total. The van der Waals surface area contributed by atoms with Crippen molar-refractivity contribution in [2.75, 3.05) is 18.5 Å². The van der Waals surface area contributed by atoms with E-state index >= 15 is 0 Å². The minimum Gasteiger partial charge on any atom is -0.370 e. The van der Waals surface area contributed by atoms with Gasteiger partial charge in [-0.1, -0.05) is 22.4 Å². The van der Waals surface area contributed by atoms with Crippen molar-refractivity contribution in [2.45, 2.75) is 25.3 Å². The molecule has 0 radical (unpaired) electrons. The molecular formula is C14H18BrN3. The number of hydrogen-bond donors (Lipinski definition) is 1. The fourth-order valence-electron chi connectivity index (χ4n) is 2.87. The van der Waals surface area contributed by atoms with E-state index in [1.54, 1.807) is 0 Å². The zero-order chi connectivity index (χ0) is 13.1. The molecule has 18 heavy (non-hydrogen) atoms. The van der Waals surface area contributed by atoms with Crippen LogP contribution in [0.1, 0.15) is 24.8 Å². The molecule has 2 unspecified atom stereocenters. The Labute approximate surface area is 117 Å². The SMILES string of the molecule is CN(c1cc(Br)ccc1C#N)C1CCCC1CN. The predicted molar refractivity (Wildman–Crippen MR) is 77.4 cm³/mol. The Bertz CT molecular complexity index is 467. The molecule has 0 saturated heterocycles. The zero-order valence-corrected chi connectivity index (χ0v) is 12.2. The highest BCUT2D eigenvalue weighted by Crippen LogP contribution is 2.33. The van der Waals surface area contributed by atoms with E-state index in [4.69, 9.17) is 5.73 Å². The van der Waals surface area contributed by atoms with Gasteiger partial charge in [-0.2, -0.15) is 5.26 Å². The molecule has 0 aromatic heterocycles. The standard InChI is InChI=1S/C14H18BrN3/c1-18(13-4-2-3-10(13)8-16)14-7-12(15)6-5-11(14)9-17/h5-7,10,13H,2-4,8,16H2,1H3. The largest absolute Gasteiger partial charge is 0.370 e. The van der Waals surface area contributed by atoms with E-state index in [2.05, 4.69) is 33.9 Å². The van der Waals surface area contributed by atoms with Gasteiger partial charge in [-0.25, -0.2) is 0 Å². The van der Waals surface area contributed by atoms with Crippen molar-refractivity contribution in [1.29, 1.82) is 5.26 Å². The van der Waals surface area contributed by atoms with E-state index in [1.165, 1.54) is 12.8 Å². The Morgan fingerprint density at radius 3 is 2.94 bits per heavy atom. The van der Waals surface area contributed by atoms with Crippen molar-refractivity contribution in [3.63, 3.8) is 0 Å². The summed E-state index contributed by atoms with van der Waals surface area (Å²) >= 11 is 3.47. The lowest BCUT2D eigenvalue weighted by molar-refractivity contribution is 0.474. The number of rotatable bonds is 3. The van der Waals surface area contributed by atoms with Crippen LogP contribution in [-0.2, 0) is 0 Å². The summed E-state index contributed by atoms with van der Waals surface area (Å²) in [6.07, 6.45) is 3.59. The van der Waals surface area contributed by atoms with Crippen LogP contribution in [0.3, 0.4) is 0 Å². The van der Waals surface area contributed by atoms with Crippen molar-refractivity contribution in [3.8, 4) is 6.07 Å². The summed E-state index contributed by atoms with van der Waals surface area (Å²) in [5.74, 6) is 0.542. The van der Waals surface area contributed by atoms with Crippen LogP contribution in [-0.4, -0.2) is 19.6 Å². The molecule has 1 fully saturated rings. The highest BCUT2D eigenvalue weighted by atomic mass is 79.9. The highest BCUT2D eigenvalue weighted by Gasteiger charge is 2.30. The summed E-state index contributed by atoms with van der Waals surface area (Å²) in [5, 5.41) is 9.21. The lowest BCUT2D eigenvalue weighted by Gasteiger charge is -2.31. The van der Waals surface area contributed by atoms with Crippen LogP contribution < -0.4 is 10.6 Å². The number of nitriles is 1. The molecule has 4 heteroatoms. The van der Waals surface area contributed by atoms with Gasteiger partial charge in [0.2, 0.25) is 0 Å². The lowest BCUT2D eigenvalue weighted by atomic mass is 10.0. The molecule has 0 bridgehead atoms. The molecule has 1 aromatic carbocycles. The zero-order valence-electron chi connectivity index (χ0n) is 10.6. The first kappa shape index (κ1) is 13.4. The van der Waals surface area contributed by atoms with Gasteiger partial charge in [-0.05, 0) is 43.5 Å². The summed E-state index contributed by atoms with van der Waals surface area (Å²) in [6.45, 7) is 0.727. The first-order valence-corrected chi connectivity index (χ1v) is 7.09. The van der Waals surface area contributed by atoms with Gasteiger partial charge in [0, 0.05) is 17.6 Å². The predicted octanol–water partition coefficient (Wildman–Crippen LogP) is 2.88. The number of anilines is 1. The van der Waals surface area contributed by atoms with E-state index < -0.39 is 0 Å². The first-order valence-electron chi connectivity index (χ1n) is 6.30. The van der Waals surface area contributed by atoms with Crippen LogP contribution in [0.5, 0.6) is 0 Å². The Balaban J connectivity index is 2.30. The first-order chi connectivity index (χ1) is 8.67. The monoisotopic (exact) mass is 307 g/mol.